The number of esters is 1. The summed E-state index contributed by atoms with van der Waals surface area (Å²) >= 11 is 5.82. The third-order valence-electron chi connectivity index (χ3n) is 3.58. The molecular weight excluding hydrogens is 368 g/mol. The third kappa shape index (κ3) is 4.80. The molecule has 0 bridgehead atoms. The molecule has 1 amide bonds. The van der Waals surface area contributed by atoms with Crippen molar-refractivity contribution in [3.8, 4) is 0 Å². The van der Waals surface area contributed by atoms with E-state index in [1.807, 2.05) is 0 Å². The molecule has 2 N–H and O–H groups in total. The van der Waals surface area contributed by atoms with Gasteiger partial charge in [0.25, 0.3) is 5.91 Å². The number of nitrogens with zero attached hydrogens (tertiary/aromatic N) is 2. The number of methoxy groups -OCH3 is 1. The van der Waals surface area contributed by atoms with Crippen LogP contribution in [0.15, 0.2) is 60.9 Å². The van der Waals surface area contributed by atoms with E-state index in [0.29, 0.717) is 33.5 Å². The van der Waals surface area contributed by atoms with E-state index in [1.165, 1.54) is 19.5 Å². The molecule has 0 aliphatic carbocycles. The van der Waals surface area contributed by atoms with E-state index in [0.717, 1.165) is 0 Å². The summed E-state index contributed by atoms with van der Waals surface area (Å²) in [5, 5.41) is 6.31. The lowest BCUT2D eigenvalue weighted by Crippen LogP contribution is -2.13. The molecule has 1 aromatic heterocycles. The highest BCUT2D eigenvalue weighted by atomic mass is 35.5. The fourth-order valence-corrected chi connectivity index (χ4v) is 2.31. The van der Waals surface area contributed by atoms with Crippen LogP contribution in [0.1, 0.15) is 20.7 Å². The molecule has 27 heavy (non-hydrogen) atoms. The molecule has 8 heteroatoms. The van der Waals surface area contributed by atoms with Crippen LogP contribution >= 0.6 is 11.6 Å². The van der Waals surface area contributed by atoms with Gasteiger partial charge in [-0.3, -0.25) is 4.79 Å². The van der Waals surface area contributed by atoms with Crippen LogP contribution < -0.4 is 10.6 Å². The number of carbonyl (C=O) groups is 2. The van der Waals surface area contributed by atoms with Crippen molar-refractivity contribution < 1.29 is 14.3 Å². The molecule has 0 unspecified atom stereocenters. The van der Waals surface area contributed by atoms with Crippen molar-refractivity contribution in [3.63, 3.8) is 0 Å². The summed E-state index contributed by atoms with van der Waals surface area (Å²) in [5.74, 6) is -0.413. The van der Waals surface area contributed by atoms with E-state index >= 15 is 0 Å². The lowest BCUT2D eigenvalue weighted by Gasteiger charge is -2.07. The Morgan fingerprint density at radius 1 is 0.889 bits per heavy atom. The molecule has 0 aliphatic heterocycles. The Bertz CT molecular complexity index is 942. The Morgan fingerprint density at radius 2 is 1.48 bits per heavy atom. The smallest absolute Gasteiger partial charge is 0.337 e. The number of rotatable bonds is 5. The van der Waals surface area contributed by atoms with Crippen molar-refractivity contribution in [2.45, 2.75) is 0 Å². The molecule has 0 atom stereocenters. The van der Waals surface area contributed by atoms with Crippen molar-refractivity contribution in [2.75, 3.05) is 17.7 Å². The predicted octanol–water partition coefficient (Wildman–Crippen LogP) is 3.91. The lowest BCUT2D eigenvalue weighted by atomic mass is 10.2. The summed E-state index contributed by atoms with van der Waals surface area (Å²) in [4.78, 5) is 31.9. The number of amides is 1. The molecule has 7 nitrogen and oxygen atoms in total. The Kier molecular flexibility index (Phi) is 5.63. The molecule has 0 spiro atoms. The van der Waals surface area contributed by atoms with Crippen molar-refractivity contribution in [3.05, 3.63) is 77.1 Å². The van der Waals surface area contributed by atoms with Crippen LogP contribution in [0.3, 0.4) is 0 Å². The SMILES string of the molecule is COC(=O)c1ccc(Nc2ncc(C(=O)Nc3ccc(Cl)cc3)cn2)cc1. The van der Waals surface area contributed by atoms with Crippen molar-refractivity contribution >= 4 is 40.8 Å². The highest BCUT2D eigenvalue weighted by Crippen LogP contribution is 2.16. The average Bonchev–Trinajstić information content (AvgIpc) is 2.70. The van der Waals surface area contributed by atoms with Gasteiger partial charge in [-0.05, 0) is 48.5 Å². The molecule has 0 aliphatic rings. The third-order valence-corrected chi connectivity index (χ3v) is 3.83. The number of carbonyl (C=O) groups excluding carboxylic acids is 2. The van der Waals surface area contributed by atoms with E-state index in [4.69, 9.17) is 11.6 Å². The van der Waals surface area contributed by atoms with E-state index in [1.54, 1.807) is 48.5 Å². The molecule has 0 radical (unpaired) electrons. The molecule has 0 saturated heterocycles. The number of anilines is 3. The van der Waals surface area contributed by atoms with Crippen LogP contribution in [0.5, 0.6) is 0 Å². The summed E-state index contributed by atoms with van der Waals surface area (Å²) < 4.78 is 4.65. The summed E-state index contributed by atoms with van der Waals surface area (Å²) in [7, 11) is 1.33. The largest absolute Gasteiger partial charge is 0.465 e. The summed E-state index contributed by atoms with van der Waals surface area (Å²) in [6.45, 7) is 0. The summed E-state index contributed by atoms with van der Waals surface area (Å²) in [6.07, 6.45) is 2.84. The maximum Gasteiger partial charge on any atom is 0.337 e. The highest BCUT2D eigenvalue weighted by molar-refractivity contribution is 6.30. The van der Waals surface area contributed by atoms with Crippen LogP contribution in [-0.2, 0) is 4.74 Å². The quantitative estimate of drug-likeness (QED) is 0.650. The first-order valence-electron chi connectivity index (χ1n) is 7.89. The van der Waals surface area contributed by atoms with Crippen LogP contribution in [0, 0.1) is 0 Å². The van der Waals surface area contributed by atoms with E-state index in [9.17, 15) is 9.59 Å². The maximum absolute atomic E-state index is 12.2. The zero-order valence-electron chi connectivity index (χ0n) is 14.3. The molecule has 2 aromatic carbocycles. The molecular formula is C19H15ClN4O3. The Balaban J connectivity index is 1.63. The molecule has 0 saturated carbocycles. The van der Waals surface area contributed by atoms with Gasteiger partial charge in [-0.15, -0.1) is 0 Å². The van der Waals surface area contributed by atoms with E-state index in [-0.39, 0.29) is 5.91 Å². The van der Waals surface area contributed by atoms with E-state index in [2.05, 4.69) is 25.3 Å². The lowest BCUT2D eigenvalue weighted by molar-refractivity contribution is 0.0600. The second-order valence-electron chi connectivity index (χ2n) is 5.45. The van der Waals surface area contributed by atoms with Gasteiger partial charge < -0.3 is 15.4 Å². The maximum atomic E-state index is 12.2. The van der Waals surface area contributed by atoms with Gasteiger partial charge >= 0.3 is 5.97 Å². The van der Waals surface area contributed by atoms with E-state index < -0.39 is 5.97 Å². The summed E-state index contributed by atoms with van der Waals surface area (Å²) in [6, 6.07) is 13.4. The number of benzene rings is 2. The average molecular weight is 383 g/mol. The number of nitrogens with one attached hydrogen (secondary N) is 2. The van der Waals surface area contributed by atoms with Gasteiger partial charge in [0.2, 0.25) is 5.95 Å². The fraction of sp³-hybridized carbons (Fsp3) is 0.0526. The van der Waals surface area contributed by atoms with Gasteiger partial charge in [-0.2, -0.15) is 0 Å². The van der Waals surface area contributed by atoms with Crippen LogP contribution in [0.25, 0.3) is 0 Å². The first-order chi connectivity index (χ1) is 13.0. The highest BCUT2D eigenvalue weighted by Gasteiger charge is 2.09. The van der Waals surface area contributed by atoms with Crippen LogP contribution in [0.4, 0.5) is 17.3 Å². The Labute approximate surface area is 160 Å². The fourth-order valence-electron chi connectivity index (χ4n) is 2.18. The first-order valence-corrected chi connectivity index (χ1v) is 8.27. The zero-order valence-corrected chi connectivity index (χ0v) is 15.0. The number of hydrogen-bond donors (Lipinski definition) is 2. The minimum absolute atomic E-state index is 0.316. The molecule has 3 aromatic rings. The normalized spacial score (nSPS) is 10.1. The second kappa shape index (κ2) is 8.29. The second-order valence-corrected chi connectivity index (χ2v) is 5.89. The standard InChI is InChI=1S/C19H15ClN4O3/c1-27-18(26)12-2-6-16(7-3-12)24-19-21-10-13(11-22-19)17(25)23-15-8-4-14(20)5-9-15/h2-11H,1H3,(H,23,25)(H,21,22,24). The molecule has 136 valence electrons. The zero-order chi connectivity index (χ0) is 19.2. The molecule has 0 fully saturated rings. The Morgan fingerprint density at radius 3 is 2.07 bits per heavy atom. The van der Waals surface area contributed by atoms with Crippen molar-refractivity contribution in [1.82, 2.24) is 9.97 Å². The van der Waals surface area contributed by atoms with Gasteiger partial charge in [-0.25, -0.2) is 14.8 Å². The van der Waals surface area contributed by atoms with Crippen molar-refractivity contribution in [2.24, 2.45) is 0 Å². The van der Waals surface area contributed by atoms with Crippen molar-refractivity contribution in [1.29, 1.82) is 0 Å². The van der Waals surface area contributed by atoms with Gasteiger partial charge in [0, 0.05) is 28.8 Å². The number of aromatic nitrogens is 2. The minimum Gasteiger partial charge on any atom is -0.465 e. The first kappa shape index (κ1) is 18.3. The number of hydrogen-bond acceptors (Lipinski definition) is 6. The van der Waals surface area contributed by atoms with Crippen LogP contribution in [0.2, 0.25) is 5.02 Å². The number of halogens is 1. The van der Waals surface area contributed by atoms with Gasteiger partial charge in [0.05, 0.1) is 18.2 Å². The monoisotopic (exact) mass is 382 g/mol. The predicted molar refractivity (Wildman–Crippen MR) is 103 cm³/mol. The van der Waals surface area contributed by atoms with Gasteiger partial charge in [-0.1, -0.05) is 11.6 Å². The minimum atomic E-state index is -0.408. The number of ether oxygens (including phenoxy) is 1. The molecule has 3 rings (SSSR count). The topological polar surface area (TPSA) is 93.2 Å². The van der Waals surface area contributed by atoms with Gasteiger partial charge in [0.15, 0.2) is 0 Å². The Hall–Kier alpha value is -3.45. The summed E-state index contributed by atoms with van der Waals surface area (Å²) in [5.41, 5.74) is 2.08. The van der Waals surface area contributed by atoms with Gasteiger partial charge in [0.1, 0.15) is 0 Å². The molecule has 1 heterocycles. The van der Waals surface area contributed by atoms with Crippen LogP contribution in [-0.4, -0.2) is 29.0 Å².